The average Bonchev–Trinajstić information content (AvgIpc) is 2.81. The Hall–Kier alpha value is -1.23. The normalized spacial score (nSPS) is 38.4. The quantitative estimate of drug-likeness (QED) is 0.723. The van der Waals surface area contributed by atoms with Crippen LogP contribution in [0.25, 0.3) is 0 Å². The molecule has 5 atom stereocenters. The van der Waals surface area contributed by atoms with Gasteiger partial charge in [-0.15, -0.1) is 0 Å². The second-order valence-corrected chi connectivity index (χ2v) is 8.12. The smallest absolute Gasteiger partial charge is 0.416 e. The number of aliphatic hydroxyl groups is 1. The molecular weight excluding hydrogens is 317 g/mol. The topological polar surface area (TPSA) is 40.5 Å². The molecule has 4 rings (SSSR count). The minimum Gasteiger partial charge on any atom is -0.508 e. The van der Waals surface area contributed by atoms with E-state index in [1.807, 2.05) is 0 Å². The van der Waals surface area contributed by atoms with Crippen LogP contribution < -0.4 is 0 Å². The molecule has 0 unspecified atom stereocenters. The van der Waals surface area contributed by atoms with Gasteiger partial charge in [-0.2, -0.15) is 13.2 Å². The van der Waals surface area contributed by atoms with Crippen molar-refractivity contribution in [3.05, 3.63) is 28.8 Å². The van der Waals surface area contributed by atoms with E-state index in [9.17, 15) is 23.4 Å². The summed E-state index contributed by atoms with van der Waals surface area (Å²) in [6, 6.07) is 2.40. The van der Waals surface area contributed by atoms with E-state index in [1.165, 1.54) is 6.07 Å². The van der Waals surface area contributed by atoms with Crippen molar-refractivity contribution in [1.29, 1.82) is 0 Å². The molecular formula is C19H23F3O2. The summed E-state index contributed by atoms with van der Waals surface area (Å²) in [5.74, 6) is 0.110. The summed E-state index contributed by atoms with van der Waals surface area (Å²) in [7, 11) is 0. The minimum absolute atomic E-state index is 0.102. The standard InChI is InChI=1S/C19H23F3O2/c1-18-7-6-13-12(14(18)4-5-16(18)24)3-2-10-8-11(23)9-15(17(10)13)19(20,21)22/h8-9,12-14,16,23-24H,2-7H2,1H3/t12-,13+,14+,16-,18+/m1/s1. The third-order valence-corrected chi connectivity index (χ3v) is 7.06. The molecule has 1 aromatic rings. The molecule has 2 fully saturated rings. The van der Waals surface area contributed by atoms with Crippen molar-refractivity contribution in [1.82, 2.24) is 0 Å². The predicted molar refractivity (Wildman–Crippen MR) is 83.7 cm³/mol. The molecule has 132 valence electrons. The Bertz CT molecular complexity index is 669. The number of aromatic hydroxyl groups is 1. The first-order valence-corrected chi connectivity index (χ1v) is 8.83. The highest BCUT2D eigenvalue weighted by molar-refractivity contribution is 5.47. The van der Waals surface area contributed by atoms with E-state index in [4.69, 9.17) is 0 Å². The van der Waals surface area contributed by atoms with Crippen LogP contribution >= 0.6 is 0 Å². The lowest BCUT2D eigenvalue weighted by Crippen LogP contribution is -2.44. The van der Waals surface area contributed by atoms with Gasteiger partial charge in [-0.25, -0.2) is 0 Å². The first-order valence-electron chi connectivity index (χ1n) is 8.83. The zero-order valence-corrected chi connectivity index (χ0v) is 13.7. The summed E-state index contributed by atoms with van der Waals surface area (Å²) in [4.78, 5) is 0. The summed E-state index contributed by atoms with van der Waals surface area (Å²) in [6.45, 7) is 2.11. The number of phenols is 1. The number of aliphatic hydroxyl groups excluding tert-OH is 1. The summed E-state index contributed by atoms with van der Waals surface area (Å²) >= 11 is 0. The van der Waals surface area contributed by atoms with Crippen molar-refractivity contribution in [2.45, 2.75) is 63.6 Å². The molecule has 0 aliphatic heterocycles. The Morgan fingerprint density at radius 3 is 2.58 bits per heavy atom. The zero-order chi connectivity index (χ0) is 17.3. The highest BCUT2D eigenvalue weighted by atomic mass is 19.4. The van der Waals surface area contributed by atoms with Crippen LogP contribution in [0.3, 0.4) is 0 Å². The molecule has 3 aliphatic rings. The van der Waals surface area contributed by atoms with Crippen molar-refractivity contribution in [2.24, 2.45) is 17.3 Å². The van der Waals surface area contributed by atoms with Crippen molar-refractivity contribution < 1.29 is 23.4 Å². The van der Waals surface area contributed by atoms with Gasteiger partial charge in [0.1, 0.15) is 5.75 Å². The second kappa shape index (κ2) is 5.13. The van der Waals surface area contributed by atoms with Gasteiger partial charge in [0.15, 0.2) is 0 Å². The molecule has 0 saturated heterocycles. The number of fused-ring (bicyclic) bond motifs is 5. The molecule has 0 aromatic heterocycles. The lowest BCUT2D eigenvalue weighted by atomic mass is 9.55. The first-order chi connectivity index (χ1) is 11.2. The van der Waals surface area contributed by atoms with E-state index in [0.717, 1.165) is 31.7 Å². The fourth-order valence-corrected chi connectivity index (χ4v) is 5.92. The fourth-order valence-electron chi connectivity index (χ4n) is 5.92. The van der Waals surface area contributed by atoms with Crippen LogP contribution in [0.1, 0.15) is 61.6 Å². The van der Waals surface area contributed by atoms with Crippen molar-refractivity contribution >= 4 is 0 Å². The van der Waals surface area contributed by atoms with E-state index >= 15 is 0 Å². The van der Waals surface area contributed by atoms with Gasteiger partial charge in [0, 0.05) is 0 Å². The number of phenolic OH excluding ortho intramolecular Hbond substituents is 1. The predicted octanol–water partition coefficient (Wildman–Crippen LogP) is 4.63. The number of benzene rings is 1. The Labute approximate surface area is 139 Å². The highest BCUT2D eigenvalue weighted by Crippen LogP contribution is 2.62. The Kier molecular flexibility index (Phi) is 3.48. The average molecular weight is 340 g/mol. The van der Waals surface area contributed by atoms with Gasteiger partial charge >= 0.3 is 6.18 Å². The van der Waals surface area contributed by atoms with Gasteiger partial charge in [-0.1, -0.05) is 6.92 Å². The molecule has 2 saturated carbocycles. The summed E-state index contributed by atoms with van der Waals surface area (Å²) in [5, 5.41) is 20.1. The molecule has 2 nitrogen and oxygen atoms in total. The zero-order valence-electron chi connectivity index (χ0n) is 13.7. The largest absolute Gasteiger partial charge is 0.508 e. The molecule has 3 aliphatic carbocycles. The lowest BCUT2D eigenvalue weighted by molar-refractivity contribution is -0.139. The Balaban J connectivity index is 1.80. The first kappa shape index (κ1) is 16.2. The maximum atomic E-state index is 13.6. The number of hydrogen-bond acceptors (Lipinski definition) is 2. The SMILES string of the molecule is C[C@]12CC[C@@H]3c4c(cc(O)cc4C(F)(F)F)CC[C@H]3[C@@H]1CC[C@H]2O. The maximum absolute atomic E-state index is 13.6. The molecule has 1 aromatic carbocycles. The second-order valence-electron chi connectivity index (χ2n) is 8.12. The van der Waals surface area contributed by atoms with Crippen molar-refractivity contribution in [3.63, 3.8) is 0 Å². The maximum Gasteiger partial charge on any atom is 0.416 e. The van der Waals surface area contributed by atoms with Crippen LogP contribution in [0.15, 0.2) is 12.1 Å². The van der Waals surface area contributed by atoms with Crippen LogP contribution in [0, 0.1) is 17.3 Å². The highest BCUT2D eigenvalue weighted by Gasteiger charge is 2.55. The van der Waals surface area contributed by atoms with E-state index < -0.39 is 11.7 Å². The molecule has 0 radical (unpaired) electrons. The molecule has 0 bridgehead atoms. The monoisotopic (exact) mass is 340 g/mol. The number of rotatable bonds is 0. The lowest BCUT2D eigenvalue weighted by Gasteiger charge is -2.50. The molecule has 0 spiro atoms. The van der Waals surface area contributed by atoms with Crippen molar-refractivity contribution in [3.8, 4) is 5.75 Å². The third kappa shape index (κ3) is 2.20. The van der Waals surface area contributed by atoms with Crippen LogP contribution in [0.2, 0.25) is 0 Å². The molecule has 5 heteroatoms. The van der Waals surface area contributed by atoms with E-state index in [-0.39, 0.29) is 29.1 Å². The number of halogens is 3. The van der Waals surface area contributed by atoms with Crippen molar-refractivity contribution in [2.75, 3.05) is 0 Å². The number of alkyl halides is 3. The van der Waals surface area contributed by atoms with Gasteiger partial charge in [-0.3, -0.25) is 0 Å². The van der Waals surface area contributed by atoms with Gasteiger partial charge in [0.2, 0.25) is 0 Å². The van der Waals surface area contributed by atoms with Gasteiger partial charge in [0.05, 0.1) is 11.7 Å². The van der Waals surface area contributed by atoms with Crippen LogP contribution in [-0.4, -0.2) is 16.3 Å². The Morgan fingerprint density at radius 2 is 1.88 bits per heavy atom. The molecule has 2 N–H and O–H groups in total. The van der Waals surface area contributed by atoms with Gasteiger partial charge in [-0.05, 0) is 85.0 Å². The van der Waals surface area contributed by atoms with E-state index in [1.54, 1.807) is 0 Å². The van der Waals surface area contributed by atoms with Crippen LogP contribution in [-0.2, 0) is 12.6 Å². The van der Waals surface area contributed by atoms with E-state index in [2.05, 4.69) is 6.92 Å². The number of hydrogen-bond donors (Lipinski definition) is 2. The Morgan fingerprint density at radius 1 is 1.12 bits per heavy atom. The molecule has 0 heterocycles. The van der Waals surface area contributed by atoms with E-state index in [0.29, 0.717) is 29.9 Å². The molecule has 0 amide bonds. The number of aryl methyl sites for hydroxylation is 1. The summed E-state index contributed by atoms with van der Waals surface area (Å²) in [5.41, 5.74) is 0.272. The summed E-state index contributed by atoms with van der Waals surface area (Å²) in [6.07, 6.45) is -0.200. The van der Waals surface area contributed by atoms with Crippen LogP contribution in [0.5, 0.6) is 5.75 Å². The fraction of sp³-hybridized carbons (Fsp3) is 0.684. The summed E-state index contributed by atoms with van der Waals surface area (Å²) < 4.78 is 40.7. The third-order valence-electron chi connectivity index (χ3n) is 7.06. The minimum atomic E-state index is -4.44. The van der Waals surface area contributed by atoms with Crippen LogP contribution in [0.4, 0.5) is 13.2 Å². The molecule has 24 heavy (non-hydrogen) atoms. The van der Waals surface area contributed by atoms with Gasteiger partial charge < -0.3 is 10.2 Å². The van der Waals surface area contributed by atoms with Gasteiger partial charge in [0.25, 0.3) is 0 Å².